The van der Waals surface area contributed by atoms with Gasteiger partial charge in [0.25, 0.3) is 0 Å². The molecule has 0 spiro atoms. The average molecular weight is 982 g/mol. The largest absolute Gasteiger partial charge is 0.462 e. The Kier molecular flexibility index (Phi) is 54.5. The molecule has 0 heterocycles. The second kappa shape index (κ2) is 58.1. The summed E-state index contributed by atoms with van der Waals surface area (Å²) >= 11 is 0. The lowest BCUT2D eigenvalue weighted by Gasteiger charge is -2.18. The molecule has 6 nitrogen and oxygen atoms in total. The van der Waals surface area contributed by atoms with Crippen molar-refractivity contribution >= 4 is 17.9 Å². The summed E-state index contributed by atoms with van der Waals surface area (Å²) in [5.74, 6) is -1.03. The molecule has 0 N–H and O–H groups in total. The van der Waals surface area contributed by atoms with Crippen molar-refractivity contribution in [3.05, 3.63) is 134 Å². The van der Waals surface area contributed by atoms with Gasteiger partial charge in [0.1, 0.15) is 13.2 Å². The van der Waals surface area contributed by atoms with E-state index in [1.165, 1.54) is 70.6 Å². The highest BCUT2D eigenvalue weighted by Gasteiger charge is 2.19. The molecule has 0 aromatic rings. The third kappa shape index (κ3) is 56.3. The van der Waals surface area contributed by atoms with Crippen molar-refractivity contribution in [3.63, 3.8) is 0 Å². The van der Waals surface area contributed by atoms with Crippen LogP contribution in [0.5, 0.6) is 0 Å². The zero-order valence-corrected chi connectivity index (χ0v) is 45.7. The summed E-state index contributed by atoms with van der Waals surface area (Å²) in [6.45, 7) is 6.31. The van der Waals surface area contributed by atoms with Gasteiger partial charge in [0, 0.05) is 19.3 Å². The molecule has 71 heavy (non-hydrogen) atoms. The number of unbranched alkanes of at least 4 members (excludes halogenated alkanes) is 19. The molecule has 0 saturated heterocycles. The van der Waals surface area contributed by atoms with Gasteiger partial charge in [-0.2, -0.15) is 0 Å². The summed E-state index contributed by atoms with van der Waals surface area (Å²) in [6.07, 6.45) is 81.6. The van der Waals surface area contributed by atoms with Gasteiger partial charge in [-0.3, -0.25) is 14.4 Å². The molecular weight excluding hydrogens is 877 g/mol. The van der Waals surface area contributed by atoms with Crippen molar-refractivity contribution in [2.45, 2.75) is 245 Å². The van der Waals surface area contributed by atoms with E-state index in [1.54, 1.807) is 0 Å². The summed E-state index contributed by atoms with van der Waals surface area (Å²) in [6, 6.07) is 0. The van der Waals surface area contributed by atoms with E-state index in [1.807, 2.05) is 12.2 Å². The van der Waals surface area contributed by atoms with E-state index in [0.717, 1.165) is 122 Å². The number of hydrogen-bond acceptors (Lipinski definition) is 6. The normalized spacial score (nSPS) is 13.1. The first kappa shape index (κ1) is 66.6. The lowest BCUT2D eigenvalue weighted by Crippen LogP contribution is -2.30. The minimum atomic E-state index is -0.827. The van der Waals surface area contributed by atoms with E-state index < -0.39 is 6.10 Å². The third-order valence-electron chi connectivity index (χ3n) is 11.7. The summed E-state index contributed by atoms with van der Waals surface area (Å²) in [5, 5.41) is 0. The molecule has 400 valence electrons. The molecule has 0 aliphatic heterocycles. The molecule has 0 bridgehead atoms. The Hall–Kier alpha value is -4.45. The fourth-order valence-electron chi connectivity index (χ4n) is 7.45. The minimum Gasteiger partial charge on any atom is -0.462 e. The zero-order valence-electron chi connectivity index (χ0n) is 45.7. The van der Waals surface area contributed by atoms with Gasteiger partial charge >= 0.3 is 17.9 Å². The van der Waals surface area contributed by atoms with Gasteiger partial charge in [-0.25, -0.2) is 0 Å². The number of allylic oxidation sites excluding steroid dienone is 22. The fourth-order valence-corrected chi connectivity index (χ4v) is 7.45. The quantitative estimate of drug-likeness (QED) is 0.0199. The van der Waals surface area contributed by atoms with E-state index in [0.29, 0.717) is 12.8 Å². The predicted molar refractivity (Wildman–Crippen MR) is 306 cm³/mol. The van der Waals surface area contributed by atoms with Crippen LogP contribution in [-0.4, -0.2) is 37.2 Å². The van der Waals surface area contributed by atoms with Gasteiger partial charge in [0.05, 0.1) is 0 Å². The van der Waals surface area contributed by atoms with Gasteiger partial charge in [-0.1, -0.05) is 244 Å². The van der Waals surface area contributed by atoms with Crippen LogP contribution in [-0.2, 0) is 28.6 Å². The van der Waals surface area contributed by atoms with Crippen LogP contribution in [0.25, 0.3) is 0 Å². The van der Waals surface area contributed by atoms with E-state index in [4.69, 9.17) is 14.2 Å². The van der Waals surface area contributed by atoms with Crippen LogP contribution < -0.4 is 0 Å². The van der Waals surface area contributed by atoms with Crippen LogP contribution in [0.4, 0.5) is 0 Å². The number of carbonyl (C=O) groups is 3. The number of carbonyl (C=O) groups excluding carboxylic acids is 3. The van der Waals surface area contributed by atoms with Crippen molar-refractivity contribution in [1.29, 1.82) is 0 Å². The molecule has 1 unspecified atom stereocenters. The standard InChI is InChI=1S/C65H104O6/c1-4-7-10-13-16-19-22-25-28-31-33-35-37-40-43-46-49-52-55-58-64(67)70-61-62(60-69-63(66)57-54-51-48-45-42-39-36-30-27-24-21-18-15-12-9-6-3)71-65(68)59-56-53-50-47-44-41-38-34-32-29-26-23-20-17-14-11-8-5-2/h7,9-10,12,16,18-19,21,23,25-30,32,34,38-39,42,48,51,62H,4-6,8,11,13-15,17,20,22,24,31,33,35-37,40-41,43-47,49-50,52-61H2,1-3H3/b10-7-,12-9-,19-16-,21-18-,26-23-,28-25-,30-27-,32-29-,38-34-,42-39-,51-48-. The van der Waals surface area contributed by atoms with Crippen LogP contribution in [0.3, 0.4) is 0 Å². The monoisotopic (exact) mass is 981 g/mol. The third-order valence-corrected chi connectivity index (χ3v) is 11.7. The molecule has 0 saturated carbocycles. The van der Waals surface area contributed by atoms with Gasteiger partial charge < -0.3 is 14.2 Å². The van der Waals surface area contributed by atoms with Crippen molar-refractivity contribution < 1.29 is 28.6 Å². The van der Waals surface area contributed by atoms with E-state index >= 15 is 0 Å². The minimum absolute atomic E-state index is 0.117. The Morgan fingerprint density at radius 2 is 0.634 bits per heavy atom. The molecule has 0 rings (SSSR count). The highest BCUT2D eigenvalue weighted by Crippen LogP contribution is 2.14. The predicted octanol–water partition coefficient (Wildman–Crippen LogP) is 19.4. The smallest absolute Gasteiger partial charge is 0.306 e. The van der Waals surface area contributed by atoms with Crippen LogP contribution in [0.2, 0.25) is 0 Å². The van der Waals surface area contributed by atoms with E-state index in [9.17, 15) is 14.4 Å². The van der Waals surface area contributed by atoms with E-state index in [-0.39, 0.29) is 44.0 Å². The lowest BCUT2D eigenvalue weighted by molar-refractivity contribution is -0.166. The Morgan fingerprint density at radius 1 is 0.310 bits per heavy atom. The first-order valence-electron chi connectivity index (χ1n) is 28.7. The fraction of sp³-hybridized carbons (Fsp3) is 0.615. The lowest BCUT2D eigenvalue weighted by atomic mass is 10.1. The molecule has 0 amide bonds. The first-order valence-corrected chi connectivity index (χ1v) is 28.7. The van der Waals surface area contributed by atoms with Crippen molar-refractivity contribution in [1.82, 2.24) is 0 Å². The van der Waals surface area contributed by atoms with Crippen molar-refractivity contribution in [3.8, 4) is 0 Å². The summed E-state index contributed by atoms with van der Waals surface area (Å²) in [4.78, 5) is 38.2. The van der Waals surface area contributed by atoms with Crippen LogP contribution >= 0.6 is 0 Å². The maximum atomic E-state index is 12.9. The van der Waals surface area contributed by atoms with E-state index in [2.05, 4.69) is 142 Å². The summed E-state index contributed by atoms with van der Waals surface area (Å²) in [7, 11) is 0. The van der Waals surface area contributed by atoms with Crippen LogP contribution in [0, 0.1) is 0 Å². The maximum absolute atomic E-state index is 12.9. The number of esters is 3. The van der Waals surface area contributed by atoms with Crippen LogP contribution in [0.15, 0.2) is 134 Å². The van der Waals surface area contributed by atoms with Crippen molar-refractivity contribution in [2.75, 3.05) is 13.2 Å². The van der Waals surface area contributed by atoms with Gasteiger partial charge in [0.2, 0.25) is 0 Å². The zero-order chi connectivity index (χ0) is 51.4. The second-order valence-corrected chi connectivity index (χ2v) is 18.5. The molecule has 1 atom stereocenters. The molecule has 0 radical (unpaired) electrons. The highest BCUT2D eigenvalue weighted by molar-refractivity contribution is 5.71. The highest BCUT2D eigenvalue weighted by atomic mass is 16.6. The molecule has 0 aliphatic carbocycles. The molecule has 0 fully saturated rings. The maximum Gasteiger partial charge on any atom is 0.306 e. The van der Waals surface area contributed by atoms with Gasteiger partial charge in [-0.05, 0) is 109 Å². The topological polar surface area (TPSA) is 78.9 Å². The first-order chi connectivity index (χ1) is 35.0. The number of rotatable bonds is 50. The number of hydrogen-bond donors (Lipinski definition) is 0. The SMILES string of the molecule is CC/C=C\C/C=C\C/C=C\C/C=C\C/C=C\CCC(=O)OCC(COC(=O)CCCCCCCCCCC/C=C\C/C=C\C/C=C\CC)OC(=O)CCCCCCC\C=C/C=C\C=C/CCCCCCC. The van der Waals surface area contributed by atoms with Crippen LogP contribution in [0.1, 0.15) is 239 Å². The Labute approximate surface area is 436 Å². The Morgan fingerprint density at radius 3 is 1.06 bits per heavy atom. The van der Waals surface area contributed by atoms with Gasteiger partial charge in [-0.15, -0.1) is 0 Å². The Balaban J connectivity index is 4.54. The molecule has 0 aromatic carbocycles. The molecule has 6 heteroatoms. The summed E-state index contributed by atoms with van der Waals surface area (Å²) in [5.41, 5.74) is 0. The van der Waals surface area contributed by atoms with Gasteiger partial charge in [0.15, 0.2) is 6.10 Å². The summed E-state index contributed by atoms with van der Waals surface area (Å²) < 4.78 is 16.8. The molecular formula is C65H104O6. The number of ether oxygens (including phenoxy) is 3. The van der Waals surface area contributed by atoms with Crippen molar-refractivity contribution in [2.24, 2.45) is 0 Å². The molecule has 0 aliphatic rings. The second-order valence-electron chi connectivity index (χ2n) is 18.5. The Bertz CT molecular complexity index is 1550. The molecule has 0 aromatic heterocycles. The average Bonchev–Trinajstić information content (AvgIpc) is 3.37.